The molecule has 0 saturated carbocycles. The van der Waals surface area contributed by atoms with Crippen molar-refractivity contribution in [3.8, 4) is 0 Å². The Balaban J connectivity index is 0.000000256. The zero-order valence-corrected chi connectivity index (χ0v) is 25.9. The van der Waals surface area contributed by atoms with E-state index in [-0.39, 0.29) is 18.3 Å². The third kappa shape index (κ3) is 8.90. The molecule has 0 atom stereocenters. The Bertz CT molecular complexity index is 1010. The fraction of sp³-hybridized carbons (Fsp3) is 0.333. The average molecular weight is 650 g/mol. The fourth-order valence-corrected chi connectivity index (χ4v) is 4.28. The summed E-state index contributed by atoms with van der Waals surface area (Å²) in [5, 5.41) is 2.63. The van der Waals surface area contributed by atoms with Gasteiger partial charge < -0.3 is 9.31 Å². The maximum atomic E-state index is 5.81. The number of rotatable bonds is 2. The molecular weight excluding hydrogens is 624 g/mol. The molecule has 0 N–H and O–H groups in total. The van der Waals surface area contributed by atoms with Crippen LogP contribution in [0, 0.1) is 0 Å². The normalized spacial score (nSPS) is 15.6. The molecule has 186 valence electrons. The Kier molecular flexibility index (Phi) is 12.4. The molecule has 3 rings (SSSR count). The van der Waals surface area contributed by atoms with Gasteiger partial charge in [-0.15, -0.1) is 6.58 Å². The second-order valence-corrected chi connectivity index (χ2v) is 12.0. The standard InChI is InChI=1S/C9H17BO2.C9H7Cl3.C6H2BrCl3/c1-7(2)10-11-8(3,4)9(5,6)12-10;1-5(2)6-3-7(10)9(12)8(11)4-6;7-3-1-4(8)6(10)5(9)2-3/h1H2,2-6H3;3-4H,1H2,2H3;1-2H. The van der Waals surface area contributed by atoms with E-state index in [0.717, 1.165) is 21.1 Å². The molecule has 2 aromatic carbocycles. The van der Waals surface area contributed by atoms with E-state index in [9.17, 15) is 0 Å². The van der Waals surface area contributed by atoms with Crippen LogP contribution in [0.4, 0.5) is 0 Å². The summed E-state index contributed by atoms with van der Waals surface area (Å²) in [5.74, 6) is 0. The molecule has 0 unspecified atom stereocenters. The first kappa shape index (κ1) is 32.2. The van der Waals surface area contributed by atoms with Crippen LogP contribution >= 0.6 is 85.5 Å². The van der Waals surface area contributed by atoms with Gasteiger partial charge in [-0.3, -0.25) is 0 Å². The van der Waals surface area contributed by atoms with Crippen molar-refractivity contribution >= 4 is 98.2 Å². The predicted molar refractivity (Wildman–Crippen MR) is 156 cm³/mol. The Labute approximate surface area is 241 Å². The predicted octanol–water partition coefficient (Wildman–Crippen LogP) is 11.3. The summed E-state index contributed by atoms with van der Waals surface area (Å²) in [6.45, 7) is 19.5. The molecular formula is C24H26BBrCl6O2. The van der Waals surface area contributed by atoms with Crippen molar-refractivity contribution in [2.75, 3.05) is 0 Å². The SMILES string of the molecule is C=C(C)B1OC(C)(C)C(C)(C)O1.C=C(C)c1cc(Cl)c(Cl)c(Cl)c1.Clc1cc(Br)cc(Cl)c1Cl. The van der Waals surface area contributed by atoms with Gasteiger partial charge in [0, 0.05) is 4.47 Å². The van der Waals surface area contributed by atoms with Gasteiger partial charge in [-0.25, -0.2) is 0 Å². The van der Waals surface area contributed by atoms with Crippen LogP contribution in [-0.2, 0) is 9.31 Å². The third-order valence-corrected chi connectivity index (χ3v) is 7.93. The van der Waals surface area contributed by atoms with Gasteiger partial charge in [-0.1, -0.05) is 103 Å². The lowest BCUT2D eigenvalue weighted by Crippen LogP contribution is -2.41. The van der Waals surface area contributed by atoms with Gasteiger partial charge in [0.2, 0.25) is 0 Å². The van der Waals surface area contributed by atoms with E-state index >= 15 is 0 Å². The van der Waals surface area contributed by atoms with Crippen molar-refractivity contribution in [2.24, 2.45) is 0 Å². The Morgan fingerprint density at radius 3 is 1.32 bits per heavy atom. The molecule has 0 aromatic heterocycles. The summed E-state index contributed by atoms with van der Waals surface area (Å²) in [7, 11) is -0.241. The Morgan fingerprint density at radius 2 is 1.06 bits per heavy atom. The van der Waals surface area contributed by atoms with Crippen molar-refractivity contribution in [3.05, 3.63) is 83.1 Å². The van der Waals surface area contributed by atoms with Crippen molar-refractivity contribution in [3.63, 3.8) is 0 Å². The number of allylic oxidation sites excluding steroid dienone is 2. The van der Waals surface area contributed by atoms with E-state index in [1.165, 1.54) is 0 Å². The molecule has 1 aliphatic heterocycles. The van der Waals surface area contributed by atoms with Crippen LogP contribution in [0.1, 0.15) is 47.1 Å². The van der Waals surface area contributed by atoms with Crippen LogP contribution in [-0.4, -0.2) is 18.3 Å². The highest BCUT2D eigenvalue weighted by Crippen LogP contribution is 2.38. The summed E-state index contributed by atoms with van der Waals surface area (Å²) in [4.78, 5) is 0. The number of halogens is 7. The van der Waals surface area contributed by atoms with Crippen LogP contribution in [0.3, 0.4) is 0 Å². The first-order valence-electron chi connectivity index (χ1n) is 10.0. The second-order valence-electron chi connectivity index (χ2n) is 8.65. The molecule has 1 heterocycles. The number of benzene rings is 2. The quantitative estimate of drug-likeness (QED) is 0.183. The maximum Gasteiger partial charge on any atom is 0.489 e. The third-order valence-electron chi connectivity index (χ3n) is 5.08. The van der Waals surface area contributed by atoms with Crippen molar-refractivity contribution in [1.29, 1.82) is 0 Å². The minimum absolute atomic E-state index is 0.239. The molecule has 0 aliphatic carbocycles. The molecule has 1 aliphatic rings. The van der Waals surface area contributed by atoms with E-state index in [4.69, 9.17) is 78.9 Å². The van der Waals surface area contributed by atoms with Gasteiger partial charge in [-0.2, -0.15) is 0 Å². The van der Waals surface area contributed by atoms with Crippen LogP contribution in [0.25, 0.3) is 5.57 Å². The van der Waals surface area contributed by atoms with Crippen LogP contribution < -0.4 is 0 Å². The van der Waals surface area contributed by atoms with Gasteiger partial charge in [0.05, 0.1) is 41.3 Å². The molecule has 2 aromatic rings. The highest BCUT2D eigenvalue weighted by molar-refractivity contribution is 9.10. The monoisotopic (exact) mass is 646 g/mol. The topological polar surface area (TPSA) is 18.5 Å². The van der Waals surface area contributed by atoms with Crippen LogP contribution in [0.15, 0.2) is 47.4 Å². The van der Waals surface area contributed by atoms with E-state index < -0.39 is 0 Å². The molecule has 0 bridgehead atoms. The molecule has 1 fully saturated rings. The van der Waals surface area contributed by atoms with Gasteiger partial charge >= 0.3 is 7.12 Å². The molecule has 2 nitrogen and oxygen atoms in total. The highest BCUT2D eigenvalue weighted by Gasteiger charge is 2.51. The van der Waals surface area contributed by atoms with Gasteiger partial charge in [0.1, 0.15) is 0 Å². The highest BCUT2D eigenvalue weighted by atomic mass is 79.9. The van der Waals surface area contributed by atoms with Gasteiger partial charge in [0.15, 0.2) is 0 Å². The van der Waals surface area contributed by atoms with Crippen molar-refractivity contribution in [2.45, 2.75) is 52.7 Å². The molecule has 10 heteroatoms. The van der Waals surface area contributed by atoms with Crippen LogP contribution in [0.5, 0.6) is 0 Å². The molecule has 0 amide bonds. The first-order chi connectivity index (χ1) is 15.4. The fourth-order valence-electron chi connectivity index (χ4n) is 2.37. The summed E-state index contributed by atoms with van der Waals surface area (Å²) >= 11 is 37.6. The summed E-state index contributed by atoms with van der Waals surface area (Å²) in [6.07, 6.45) is 0. The van der Waals surface area contributed by atoms with E-state index in [1.807, 2.05) is 41.5 Å². The van der Waals surface area contributed by atoms with E-state index in [1.54, 1.807) is 24.3 Å². The first-order valence-corrected chi connectivity index (χ1v) is 13.1. The minimum atomic E-state index is -0.241. The van der Waals surface area contributed by atoms with Crippen molar-refractivity contribution in [1.82, 2.24) is 0 Å². The number of hydrogen-bond donors (Lipinski definition) is 0. The summed E-state index contributed by atoms with van der Waals surface area (Å²) in [6, 6.07) is 6.88. The number of hydrogen-bond acceptors (Lipinski definition) is 2. The maximum absolute atomic E-state index is 5.81. The summed E-state index contributed by atoms with van der Waals surface area (Å²) in [5.41, 5.74) is 2.27. The van der Waals surface area contributed by atoms with Crippen LogP contribution in [0.2, 0.25) is 30.1 Å². The van der Waals surface area contributed by atoms with E-state index in [0.29, 0.717) is 30.1 Å². The average Bonchev–Trinajstić information content (AvgIpc) is 2.92. The largest absolute Gasteiger partial charge is 0.489 e. The molecule has 0 spiro atoms. The van der Waals surface area contributed by atoms with Crippen molar-refractivity contribution < 1.29 is 9.31 Å². The minimum Gasteiger partial charge on any atom is -0.400 e. The summed E-state index contributed by atoms with van der Waals surface area (Å²) < 4.78 is 12.2. The lowest BCUT2D eigenvalue weighted by atomic mass is 9.81. The zero-order valence-electron chi connectivity index (χ0n) is 19.8. The van der Waals surface area contributed by atoms with Gasteiger partial charge in [0.25, 0.3) is 0 Å². The van der Waals surface area contributed by atoms with Gasteiger partial charge in [-0.05, 0) is 71.4 Å². The molecule has 34 heavy (non-hydrogen) atoms. The lowest BCUT2D eigenvalue weighted by Gasteiger charge is -2.32. The lowest BCUT2D eigenvalue weighted by molar-refractivity contribution is 0.00578. The molecule has 0 radical (unpaired) electrons. The molecule has 1 saturated heterocycles. The smallest absolute Gasteiger partial charge is 0.400 e. The Morgan fingerprint density at radius 1 is 0.735 bits per heavy atom. The second kappa shape index (κ2) is 13.1. The Hall–Kier alpha value is 0.125. The van der Waals surface area contributed by atoms with E-state index in [2.05, 4.69) is 29.1 Å². The zero-order chi connectivity index (χ0) is 26.6.